The first-order chi connectivity index (χ1) is 9.02. The number of carboxylic acids is 1. The normalized spacial score (nSPS) is 20.9. The third kappa shape index (κ3) is 3.26. The number of carbonyl (C=O) groups excluding carboxylic acids is 1. The summed E-state index contributed by atoms with van der Waals surface area (Å²) in [7, 11) is 0. The Bertz CT molecular complexity index is 503. The van der Waals surface area contributed by atoms with E-state index in [2.05, 4.69) is 0 Å². The lowest BCUT2D eigenvalue weighted by molar-refractivity contribution is -0.144. The van der Waals surface area contributed by atoms with Crippen molar-refractivity contribution in [3.8, 4) is 0 Å². The molecule has 0 spiro atoms. The maximum Gasteiger partial charge on any atom is 0.323 e. The van der Waals surface area contributed by atoms with Crippen molar-refractivity contribution in [2.24, 2.45) is 5.92 Å². The molecule has 0 aromatic heterocycles. The van der Waals surface area contributed by atoms with Crippen LogP contribution in [0.25, 0.3) is 0 Å². The molecule has 1 N–H and O–H groups in total. The third-order valence-corrected chi connectivity index (χ3v) is 3.64. The van der Waals surface area contributed by atoms with Crippen molar-refractivity contribution in [2.75, 3.05) is 13.1 Å². The second kappa shape index (κ2) is 5.61. The van der Waals surface area contributed by atoms with Gasteiger partial charge in [0.2, 0.25) is 5.91 Å². The van der Waals surface area contributed by atoms with Gasteiger partial charge in [0.25, 0.3) is 0 Å². The van der Waals surface area contributed by atoms with Gasteiger partial charge in [0, 0.05) is 17.5 Å². The van der Waals surface area contributed by atoms with Crippen LogP contribution in [0.3, 0.4) is 0 Å². The zero-order valence-electron chi connectivity index (χ0n) is 10.7. The highest BCUT2D eigenvalue weighted by Gasteiger charge is 2.45. The number of halogens is 1. The van der Waals surface area contributed by atoms with Crippen molar-refractivity contribution >= 4 is 23.5 Å². The summed E-state index contributed by atoms with van der Waals surface area (Å²) in [5.41, 5.74) is 1.05. The van der Waals surface area contributed by atoms with Crippen molar-refractivity contribution in [3.05, 3.63) is 34.9 Å². The summed E-state index contributed by atoms with van der Waals surface area (Å²) in [6.07, 6.45) is 0.773. The summed E-state index contributed by atoms with van der Waals surface area (Å²) in [4.78, 5) is 24.3. The first-order valence-corrected chi connectivity index (χ1v) is 6.66. The van der Waals surface area contributed by atoms with Crippen LogP contribution in [0.1, 0.15) is 24.8 Å². The Kier molecular flexibility index (Phi) is 4.10. The van der Waals surface area contributed by atoms with Gasteiger partial charge in [-0.3, -0.25) is 9.59 Å². The standard InChI is InChI=1S/C14H16ClNO3/c1-2-16(8-13(17)18)14(19)12-7-11(12)9-4-3-5-10(15)6-9/h3-6,11-12H,2,7-8H2,1H3,(H,17,18)/t11-,12+/m1/s1. The molecule has 1 aromatic rings. The van der Waals surface area contributed by atoms with Crippen LogP contribution in [0.5, 0.6) is 0 Å². The van der Waals surface area contributed by atoms with E-state index in [-0.39, 0.29) is 24.3 Å². The van der Waals surface area contributed by atoms with E-state index in [0.717, 1.165) is 12.0 Å². The number of carbonyl (C=O) groups is 2. The molecule has 1 aliphatic rings. The van der Waals surface area contributed by atoms with Crippen LogP contribution in [0.15, 0.2) is 24.3 Å². The molecular formula is C14H16ClNO3. The lowest BCUT2D eigenvalue weighted by atomic mass is 10.1. The molecule has 0 unspecified atom stereocenters. The molecule has 1 fully saturated rings. The van der Waals surface area contributed by atoms with E-state index < -0.39 is 5.97 Å². The molecule has 2 atom stereocenters. The van der Waals surface area contributed by atoms with Gasteiger partial charge in [-0.05, 0) is 37.0 Å². The van der Waals surface area contributed by atoms with Crippen molar-refractivity contribution in [1.82, 2.24) is 4.90 Å². The van der Waals surface area contributed by atoms with Gasteiger partial charge in [0.15, 0.2) is 0 Å². The van der Waals surface area contributed by atoms with Crippen LogP contribution < -0.4 is 0 Å². The molecule has 0 heterocycles. The number of benzene rings is 1. The summed E-state index contributed by atoms with van der Waals surface area (Å²) in [5.74, 6) is -0.975. The van der Waals surface area contributed by atoms with Crippen molar-refractivity contribution in [2.45, 2.75) is 19.3 Å². The molecule has 4 nitrogen and oxygen atoms in total. The maximum absolute atomic E-state index is 12.2. The van der Waals surface area contributed by atoms with Crippen LogP contribution in [-0.2, 0) is 9.59 Å². The predicted molar refractivity (Wildman–Crippen MR) is 72.2 cm³/mol. The Morgan fingerprint density at radius 2 is 2.21 bits per heavy atom. The van der Waals surface area contributed by atoms with E-state index in [0.29, 0.717) is 11.6 Å². The number of carboxylic acid groups (broad SMARTS) is 1. The second-order valence-electron chi connectivity index (χ2n) is 4.75. The minimum atomic E-state index is -0.977. The van der Waals surface area contributed by atoms with Gasteiger partial charge in [-0.1, -0.05) is 23.7 Å². The van der Waals surface area contributed by atoms with Crippen molar-refractivity contribution in [1.29, 1.82) is 0 Å². The lowest BCUT2D eigenvalue weighted by Crippen LogP contribution is -2.36. The number of nitrogens with zero attached hydrogens (tertiary/aromatic N) is 1. The van der Waals surface area contributed by atoms with Crippen LogP contribution in [0, 0.1) is 5.92 Å². The molecule has 1 aliphatic carbocycles. The molecule has 1 saturated carbocycles. The minimum absolute atomic E-state index is 0.0742. The Hall–Kier alpha value is -1.55. The molecule has 2 rings (SSSR count). The highest BCUT2D eigenvalue weighted by molar-refractivity contribution is 6.30. The summed E-state index contributed by atoms with van der Waals surface area (Å²) in [6.45, 7) is 1.98. The summed E-state index contributed by atoms with van der Waals surface area (Å²) in [5, 5.41) is 9.43. The zero-order valence-corrected chi connectivity index (χ0v) is 11.4. The molecule has 19 heavy (non-hydrogen) atoms. The Labute approximate surface area is 117 Å². The quantitative estimate of drug-likeness (QED) is 0.901. The summed E-state index contributed by atoms with van der Waals surface area (Å²) in [6, 6.07) is 7.49. The average molecular weight is 282 g/mol. The van der Waals surface area contributed by atoms with E-state index in [1.54, 1.807) is 13.0 Å². The molecule has 0 aliphatic heterocycles. The van der Waals surface area contributed by atoms with E-state index >= 15 is 0 Å². The monoisotopic (exact) mass is 281 g/mol. The summed E-state index contributed by atoms with van der Waals surface area (Å²) >= 11 is 5.93. The molecule has 102 valence electrons. The van der Waals surface area contributed by atoms with Gasteiger partial charge in [0.1, 0.15) is 6.54 Å². The van der Waals surface area contributed by atoms with Gasteiger partial charge in [-0.2, -0.15) is 0 Å². The van der Waals surface area contributed by atoms with E-state index in [9.17, 15) is 9.59 Å². The molecular weight excluding hydrogens is 266 g/mol. The highest BCUT2D eigenvalue weighted by Crippen LogP contribution is 2.48. The average Bonchev–Trinajstić information content (AvgIpc) is 3.15. The Balaban J connectivity index is 2.02. The molecule has 0 radical (unpaired) electrons. The number of amides is 1. The fourth-order valence-corrected chi connectivity index (χ4v) is 2.52. The first kappa shape index (κ1) is 13.9. The largest absolute Gasteiger partial charge is 0.480 e. The van der Waals surface area contributed by atoms with Crippen LogP contribution in [0.4, 0.5) is 0 Å². The van der Waals surface area contributed by atoms with Gasteiger partial charge >= 0.3 is 5.97 Å². The maximum atomic E-state index is 12.2. The minimum Gasteiger partial charge on any atom is -0.480 e. The summed E-state index contributed by atoms with van der Waals surface area (Å²) < 4.78 is 0. The smallest absolute Gasteiger partial charge is 0.323 e. The Morgan fingerprint density at radius 3 is 2.79 bits per heavy atom. The molecule has 0 saturated heterocycles. The molecule has 0 bridgehead atoms. The number of hydrogen-bond donors (Lipinski definition) is 1. The van der Waals surface area contributed by atoms with Crippen molar-refractivity contribution < 1.29 is 14.7 Å². The van der Waals surface area contributed by atoms with Crippen LogP contribution in [-0.4, -0.2) is 35.0 Å². The van der Waals surface area contributed by atoms with E-state index in [1.165, 1.54) is 4.90 Å². The van der Waals surface area contributed by atoms with Gasteiger partial charge in [-0.25, -0.2) is 0 Å². The lowest BCUT2D eigenvalue weighted by Gasteiger charge is -2.18. The fraction of sp³-hybridized carbons (Fsp3) is 0.429. The number of hydrogen-bond acceptors (Lipinski definition) is 2. The first-order valence-electron chi connectivity index (χ1n) is 6.29. The zero-order chi connectivity index (χ0) is 14.0. The number of aliphatic carboxylic acids is 1. The fourth-order valence-electron chi connectivity index (χ4n) is 2.32. The number of rotatable bonds is 5. The SMILES string of the molecule is CCN(CC(=O)O)C(=O)[C@H]1C[C@@H]1c1cccc(Cl)c1. The van der Waals surface area contributed by atoms with Gasteiger partial charge in [0.05, 0.1) is 0 Å². The van der Waals surface area contributed by atoms with E-state index in [1.807, 2.05) is 18.2 Å². The highest BCUT2D eigenvalue weighted by atomic mass is 35.5. The second-order valence-corrected chi connectivity index (χ2v) is 5.19. The topological polar surface area (TPSA) is 57.6 Å². The van der Waals surface area contributed by atoms with E-state index in [4.69, 9.17) is 16.7 Å². The van der Waals surface area contributed by atoms with Gasteiger partial charge < -0.3 is 10.0 Å². The van der Waals surface area contributed by atoms with Crippen LogP contribution >= 0.6 is 11.6 Å². The Morgan fingerprint density at radius 1 is 1.47 bits per heavy atom. The number of likely N-dealkylation sites (N-methyl/N-ethyl adjacent to an activating group) is 1. The van der Waals surface area contributed by atoms with Crippen LogP contribution in [0.2, 0.25) is 5.02 Å². The molecule has 1 aromatic carbocycles. The van der Waals surface area contributed by atoms with Crippen molar-refractivity contribution in [3.63, 3.8) is 0 Å². The molecule has 1 amide bonds. The van der Waals surface area contributed by atoms with Gasteiger partial charge in [-0.15, -0.1) is 0 Å². The predicted octanol–water partition coefficient (Wildman–Crippen LogP) is 2.38. The third-order valence-electron chi connectivity index (χ3n) is 3.40. The molecule has 5 heteroatoms.